The number of nitrogens with one attached hydrogen (secondary N) is 1. The van der Waals surface area contributed by atoms with Gasteiger partial charge in [0.1, 0.15) is 0 Å². The molecule has 0 aliphatic rings. The van der Waals surface area contributed by atoms with Crippen LogP contribution in [-0.2, 0) is 13.0 Å². The molecule has 0 spiro atoms. The van der Waals surface area contributed by atoms with Crippen molar-refractivity contribution < 1.29 is 0 Å². The molecule has 0 radical (unpaired) electrons. The van der Waals surface area contributed by atoms with Crippen LogP contribution in [-0.4, -0.2) is 6.54 Å². The van der Waals surface area contributed by atoms with Crippen LogP contribution in [0, 0.1) is 6.92 Å². The van der Waals surface area contributed by atoms with Gasteiger partial charge in [0.15, 0.2) is 0 Å². The molecule has 0 saturated heterocycles. The maximum Gasteiger partial charge on any atom is 0.0701 e. The lowest BCUT2D eigenvalue weighted by Gasteiger charge is -2.02. The summed E-state index contributed by atoms with van der Waals surface area (Å²) in [6, 6.07) is 6.48. The molecule has 0 atom stereocenters. The Morgan fingerprint density at radius 2 is 2.12 bits per heavy atom. The van der Waals surface area contributed by atoms with Crippen LogP contribution in [0.5, 0.6) is 0 Å². The molecule has 2 heterocycles. The van der Waals surface area contributed by atoms with E-state index in [0.717, 1.165) is 19.5 Å². The molecule has 2 aromatic rings. The molecule has 0 bridgehead atoms. The second kappa shape index (κ2) is 7.54. The summed E-state index contributed by atoms with van der Waals surface area (Å²) in [5.41, 5.74) is 1.40. The first-order valence-corrected chi connectivity index (χ1v) is 7.72. The zero-order chi connectivity index (χ0) is 11.4. The first kappa shape index (κ1) is 15.2. The van der Waals surface area contributed by atoms with Crippen LogP contribution in [0.2, 0.25) is 0 Å². The topological polar surface area (TPSA) is 12.0 Å². The molecule has 0 unspecified atom stereocenters. The number of halogens is 2. The summed E-state index contributed by atoms with van der Waals surface area (Å²) in [5, 5.41) is 5.64. The molecule has 1 N–H and O–H groups in total. The van der Waals surface area contributed by atoms with Crippen LogP contribution in [0.4, 0.5) is 0 Å². The zero-order valence-electron chi connectivity index (χ0n) is 9.53. The highest BCUT2D eigenvalue weighted by Gasteiger charge is 2.00. The van der Waals surface area contributed by atoms with Crippen LogP contribution < -0.4 is 5.32 Å². The molecule has 0 aliphatic heterocycles. The predicted octanol–water partition coefficient (Wildman–Crippen LogP) is 4.63. The van der Waals surface area contributed by atoms with E-state index in [0.29, 0.717) is 0 Å². The molecule has 17 heavy (non-hydrogen) atoms. The van der Waals surface area contributed by atoms with Crippen LogP contribution in [0.25, 0.3) is 0 Å². The first-order valence-electron chi connectivity index (χ1n) is 5.23. The van der Waals surface area contributed by atoms with E-state index >= 15 is 0 Å². The van der Waals surface area contributed by atoms with E-state index in [-0.39, 0.29) is 12.4 Å². The van der Waals surface area contributed by atoms with Crippen molar-refractivity contribution in [3.8, 4) is 0 Å². The highest BCUT2D eigenvalue weighted by Crippen LogP contribution is 2.22. The number of aryl methyl sites for hydroxylation is 1. The molecule has 2 aromatic heterocycles. The minimum Gasteiger partial charge on any atom is -0.311 e. The quantitative estimate of drug-likeness (QED) is 0.773. The van der Waals surface area contributed by atoms with E-state index in [2.05, 4.69) is 51.7 Å². The molecule has 94 valence electrons. The Kier molecular flexibility index (Phi) is 6.74. The standard InChI is InChI=1S/C12H14BrNS2.ClH/c1-9-5-7-15-11(9)8-14-6-4-10-2-3-12(13)16-10;/h2-3,5,7,14H,4,6,8H2,1H3;1H. The van der Waals surface area contributed by atoms with Gasteiger partial charge in [-0.05, 0) is 58.4 Å². The smallest absolute Gasteiger partial charge is 0.0701 e. The molecule has 0 aromatic carbocycles. The molecule has 2 rings (SSSR count). The summed E-state index contributed by atoms with van der Waals surface area (Å²) in [6.07, 6.45) is 1.11. The van der Waals surface area contributed by atoms with Crippen LogP contribution in [0.1, 0.15) is 15.3 Å². The summed E-state index contributed by atoms with van der Waals surface area (Å²) in [5.74, 6) is 0. The summed E-state index contributed by atoms with van der Waals surface area (Å²) < 4.78 is 1.22. The van der Waals surface area contributed by atoms with Gasteiger partial charge >= 0.3 is 0 Å². The van der Waals surface area contributed by atoms with Crippen LogP contribution in [0.3, 0.4) is 0 Å². The third-order valence-corrected chi connectivity index (χ3v) is 5.14. The van der Waals surface area contributed by atoms with Gasteiger partial charge in [-0.3, -0.25) is 0 Å². The van der Waals surface area contributed by atoms with Crippen molar-refractivity contribution in [2.24, 2.45) is 0 Å². The Balaban J connectivity index is 0.00000144. The molecule has 5 heteroatoms. The van der Waals surface area contributed by atoms with Crippen molar-refractivity contribution in [3.63, 3.8) is 0 Å². The fourth-order valence-corrected chi connectivity index (χ4v) is 3.84. The average molecular weight is 353 g/mol. The number of hydrogen-bond donors (Lipinski definition) is 1. The fourth-order valence-electron chi connectivity index (χ4n) is 1.48. The van der Waals surface area contributed by atoms with Crippen molar-refractivity contribution in [3.05, 3.63) is 42.7 Å². The molecule has 0 saturated carbocycles. The summed E-state index contributed by atoms with van der Waals surface area (Å²) in [4.78, 5) is 2.88. The van der Waals surface area contributed by atoms with Gasteiger partial charge in [0.25, 0.3) is 0 Å². The normalized spacial score (nSPS) is 10.2. The van der Waals surface area contributed by atoms with E-state index in [1.165, 1.54) is 19.1 Å². The monoisotopic (exact) mass is 351 g/mol. The van der Waals surface area contributed by atoms with Crippen molar-refractivity contribution in [2.45, 2.75) is 19.9 Å². The Hall–Kier alpha value is 0.130. The van der Waals surface area contributed by atoms with Gasteiger partial charge in [-0.25, -0.2) is 0 Å². The third kappa shape index (κ3) is 4.72. The molecule has 0 amide bonds. The fraction of sp³-hybridized carbons (Fsp3) is 0.333. The second-order valence-electron chi connectivity index (χ2n) is 3.66. The Labute approximate surface area is 125 Å². The van der Waals surface area contributed by atoms with Gasteiger partial charge in [-0.15, -0.1) is 35.1 Å². The van der Waals surface area contributed by atoms with Crippen molar-refractivity contribution in [1.82, 2.24) is 5.32 Å². The molecular formula is C12H15BrClNS2. The van der Waals surface area contributed by atoms with Gasteiger partial charge in [0, 0.05) is 22.8 Å². The minimum atomic E-state index is 0. The van der Waals surface area contributed by atoms with Gasteiger partial charge in [0.05, 0.1) is 3.79 Å². The first-order chi connectivity index (χ1) is 7.75. The van der Waals surface area contributed by atoms with Crippen molar-refractivity contribution in [2.75, 3.05) is 6.54 Å². The maximum absolute atomic E-state index is 3.49. The van der Waals surface area contributed by atoms with Crippen molar-refractivity contribution in [1.29, 1.82) is 0 Å². The highest BCUT2D eigenvalue weighted by molar-refractivity contribution is 9.11. The van der Waals surface area contributed by atoms with E-state index in [9.17, 15) is 0 Å². The van der Waals surface area contributed by atoms with E-state index < -0.39 is 0 Å². The summed E-state index contributed by atoms with van der Waals surface area (Å²) in [6.45, 7) is 4.21. The lowest BCUT2D eigenvalue weighted by molar-refractivity contribution is 0.695. The van der Waals surface area contributed by atoms with Crippen LogP contribution in [0.15, 0.2) is 27.4 Å². The maximum atomic E-state index is 3.49. The molecule has 0 fully saturated rings. The van der Waals surface area contributed by atoms with Crippen LogP contribution >= 0.6 is 51.0 Å². The number of hydrogen-bond acceptors (Lipinski definition) is 3. The molecule has 1 nitrogen and oxygen atoms in total. The van der Waals surface area contributed by atoms with Gasteiger partial charge < -0.3 is 5.32 Å². The third-order valence-electron chi connectivity index (χ3n) is 2.43. The zero-order valence-corrected chi connectivity index (χ0v) is 13.6. The lowest BCUT2D eigenvalue weighted by atomic mass is 10.3. The average Bonchev–Trinajstić information content (AvgIpc) is 2.83. The number of thiophene rings is 2. The Morgan fingerprint density at radius 1 is 1.29 bits per heavy atom. The van der Waals surface area contributed by atoms with Gasteiger partial charge in [0.2, 0.25) is 0 Å². The van der Waals surface area contributed by atoms with Crippen molar-refractivity contribution >= 4 is 51.0 Å². The van der Waals surface area contributed by atoms with Gasteiger partial charge in [-0.1, -0.05) is 0 Å². The summed E-state index contributed by atoms with van der Waals surface area (Å²) in [7, 11) is 0. The number of rotatable bonds is 5. The Bertz CT molecular complexity index is 453. The molecular weight excluding hydrogens is 338 g/mol. The SMILES string of the molecule is Cc1ccsc1CNCCc1ccc(Br)s1.Cl. The molecule has 0 aliphatic carbocycles. The Morgan fingerprint density at radius 3 is 2.71 bits per heavy atom. The van der Waals surface area contributed by atoms with E-state index in [1.54, 1.807) is 0 Å². The minimum absolute atomic E-state index is 0. The lowest BCUT2D eigenvalue weighted by Crippen LogP contribution is -2.15. The van der Waals surface area contributed by atoms with Gasteiger partial charge in [-0.2, -0.15) is 0 Å². The predicted molar refractivity (Wildman–Crippen MR) is 83.7 cm³/mol. The van der Waals surface area contributed by atoms with E-state index in [4.69, 9.17) is 0 Å². The highest BCUT2D eigenvalue weighted by atomic mass is 79.9. The van der Waals surface area contributed by atoms with E-state index in [1.807, 2.05) is 22.7 Å². The summed E-state index contributed by atoms with van der Waals surface area (Å²) >= 11 is 7.13. The second-order valence-corrected chi connectivity index (χ2v) is 7.21. The largest absolute Gasteiger partial charge is 0.311 e.